The second kappa shape index (κ2) is 7.39. The summed E-state index contributed by atoms with van der Waals surface area (Å²) < 4.78 is 0. The molecule has 0 aliphatic rings. The van der Waals surface area contributed by atoms with Crippen LogP contribution in [0.3, 0.4) is 0 Å². The predicted molar refractivity (Wildman–Crippen MR) is 54.4 cm³/mol. The Bertz CT molecular complexity index is 138. The van der Waals surface area contributed by atoms with E-state index >= 15 is 0 Å². The minimum Gasteiger partial charge on any atom is -0.315 e. The van der Waals surface area contributed by atoms with E-state index in [1.54, 1.807) is 0 Å². The van der Waals surface area contributed by atoms with E-state index in [9.17, 15) is 0 Å². The molecule has 0 amide bonds. The van der Waals surface area contributed by atoms with Gasteiger partial charge in [0, 0.05) is 19.5 Å². The van der Waals surface area contributed by atoms with Crippen LogP contribution in [-0.4, -0.2) is 13.1 Å². The lowest BCUT2D eigenvalue weighted by Crippen LogP contribution is -2.29. The van der Waals surface area contributed by atoms with Gasteiger partial charge in [0.25, 0.3) is 0 Å². The van der Waals surface area contributed by atoms with Crippen molar-refractivity contribution in [1.82, 2.24) is 5.32 Å². The van der Waals surface area contributed by atoms with Crippen molar-refractivity contribution < 1.29 is 0 Å². The Hall–Kier alpha value is -0.260. The molecule has 72 valence electrons. The Morgan fingerprint density at radius 1 is 1.42 bits per heavy atom. The van der Waals surface area contributed by atoms with Crippen molar-refractivity contribution in [1.29, 1.82) is 5.26 Å². The summed E-state index contributed by atoms with van der Waals surface area (Å²) in [5.74, 6) is 0. The highest BCUT2D eigenvalue weighted by atomic mass is 35.5. The first kappa shape index (κ1) is 14.3. The summed E-state index contributed by atoms with van der Waals surface area (Å²) in [5.41, 5.74) is 0.370. The fraction of sp³-hybridized carbons (Fsp3) is 0.889. The summed E-state index contributed by atoms with van der Waals surface area (Å²) >= 11 is 0. The molecule has 1 N–H and O–H groups in total. The summed E-state index contributed by atoms with van der Waals surface area (Å²) in [5, 5.41) is 11.5. The van der Waals surface area contributed by atoms with Crippen molar-refractivity contribution in [2.75, 3.05) is 13.1 Å². The molecule has 0 aliphatic carbocycles. The molecule has 0 radical (unpaired) electrons. The van der Waals surface area contributed by atoms with Crippen molar-refractivity contribution in [2.24, 2.45) is 5.41 Å². The van der Waals surface area contributed by atoms with Crippen molar-refractivity contribution >= 4 is 12.4 Å². The van der Waals surface area contributed by atoms with Crippen LogP contribution in [0.2, 0.25) is 0 Å². The third-order valence-corrected chi connectivity index (χ3v) is 1.97. The van der Waals surface area contributed by atoms with Crippen molar-refractivity contribution in [2.45, 2.75) is 33.6 Å². The molecule has 0 rings (SSSR count). The highest BCUT2D eigenvalue weighted by Crippen LogP contribution is 2.17. The lowest BCUT2D eigenvalue weighted by atomic mass is 9.90. The first-order valence-corrected chi connectivity index (χ1v) is 4.20. The maximum absolute atomic E-state index is 8.26. The summed E-state index contributed by atoms with van der Waals surface area (Å²) in [6.45, 7) is 8.47. The Kier molecular flexibility index (Phi) is 8.79. The van der Waals surface area contributed by atoms with Gasteiger partial charge in [-0.25, -0.2) is 0 Å². The molecular formula is C9H19ClN2. The number of hydrogen-bond donors (Lipinski definition) is 1. The molecule has 0 bridgehead atoms. The van der Waals surface area contributed by atoms with Crippen LogP contribution in [0, 0.1) is 16.7 Å². The molecular weight excluding hydrogens is 172 g/mol. The quantitative estimate of drug-likeness (QED) is 0.676. The average Bonchev–Trinajstić information content (AvgIpc) is 1.99. The van der Waals surface area contributed by atoms with Gasteiger partial charge in [-0.1, -0.05) is 20.8 Å². The molecule has 0 spiro atoms. The van der Waals surface area contributed by atoms with Gasteiger partial charge in [0.2, 0.25) is 0 Å². The summed E-state index contributed by atoms with van der Waals surface area (Å²) in [7, 11) is 0. The number of hydrogen-bond acceptors (Lipinski definition) is 2. The second-order valence-corrected chi connectivity index (χ2v) is 3.60. The Balaban J connectivity index is 0. The SMILES string of the molecule is CCC(C)(C)CNCCC#N.Cl. The largest absolute Gasteiger partial charge is 0.315 e. The number of halogens is 1. The van der Waals surface area contributed by atoms with Crippen LogP contribution in [0.15, 0.2) is 0 Å². The van der Waals surface area contributed by atoms with E-state index in [0.717, 1.165) is 13.1 Å². The zero-order valence-electron chi connectivity index (χ0n) is 8.18. The minimum atomic E-state index is 0. The van der Waals surface area contributed by atoms with Crippen LogP contribution in [0.5, 0.6) is 0 Å². The van der Waals surface area contributed by atoms with E-state index in [1.807, 2.05) is 0 Å². The molecule has 0 heterocycles. The second-order valence-electron chi connectivity index (χ2n) is 3.60. The lowest BCUT2D eigenvalue weighted by Gasteiger charge is -2.22. The predicted octanol–water partition coefficient (Wildman–Crippen LogP) is 2.35. The molecule has 0 aromatic rings. The highest BCUT2D eigenvalue weighted by molar-refractivity contribution is 5.85. The number of rotatable bonds is 5. The van der Waals surface area contributed by atoms with Crippen LogP contribution in [0.1, 0.15) is 33.6 Å². The van der Waals surface area contributed by atoms with Crippen molar-refractivity contribution in [3.05, 3.63) is 0 Å². The van der Waals surface area contributed by atoms with Gasteiger partial charge >= 0.3 is 0 Å². The first-order chi connectivity index (χ1) is 5.12. The normalized spacial score (nSPS) is 10.2. The Morgan fingerprint density at radius 3 is 2.42 bits per heavy atom. The summed E-state index contributed by atoms with van der Waals surface area (Å²) in [6, 6.07) is 2.11. The van der Waals surface area contributed by atoms with Crippen molar-refractivity contribution in [3.63, 3.8) is 0 Å². The lowest BCUT2D eigenvalue weighted by molar-refractivity contribution is 0.330. The number of nitrogens with one attached hydrogen (secondary N) is 1. The maximum atomic E-state index is 8.26. The molecule has 0 unspecified atom stereocenters. The Morgan fingerprint density at radius 2 is 2.00 bits per heavy atom. The van der Waals surface area contributed by atoms with Gasteiger partial charge in [-0.2, -0.15) is 5.26 Å². The van der Waals surface area contributed by atoms with E-state index in [-0.39, 0.29) is 12.4 Å². The molecule has 0 aromatic carbocycles. The summed E-state index contributed by atoms with van der Waals surface area (Å²) in [4.78, 5) is 0. The van der Waals surface area contributed by atoms with E-state index in [4.69, 9.17) is 5.26 Å². The van der Waals surface area contributed by atoms with Gasteiger partial charge in [-0.3, -0.25) is 0 Å². The van der Waals surface area contributed by atoms with Crippen molar-refractivity contribution in [3.8, 4) is 6.07 Å². The molecule has 3 heteroatoms. The summed E-state index contributed by atoms with van der Waals surface area (Å²) in [6.07, 6.45) is 1.78. The van der Waals surface area contributed by atoms with Gasteiger partial charge < -0.3 is 5.32 Å². The zero-order chi connectivity index (χ0) is 8.74. The average molecular weight is 191 g/mol. The van der Waals surface area contributed by atoms with Crippen LogP contribution < -0.4 is 5.32 Å². The smallest absolute Gasteiger partial charge is 0.0635 e. The number of nitrogens with zero attached hydrogens (tertiary/aromatic N) is 1. The molecule has 0 aromatic heterocycles. The van der Waals surface area contributed by atoms with Crippen LogP contribution in [0.25, 0.3) is 0 Å². The first-order valence-electron chi connectivity index (χ1n) is 4.20. The molecule has 0 fully saturated rings. The molecule has 12 heavy (non-hydrogen) atoms. The third-order valence-electron chi connectivity index (χ3n) is 1.97. The van der Waals surface area contributed by atoms with Gasteiger partial charge in [0.15, 0.2) is 0 Å². The monoisotopic (exact) mass is 190 g/mol. The van der Waals surface area contributed by atoms with E-state index in [1.165, 1.54) is 6.42 Å². The fourth-order valence-electron chi connectivity index (χ4n) is 0.696. The van der Waals surface area contributed by atoms with E-state index < -0.39 is 0 Å². The maximum Gasteiger partial charge on any atom is 0.0635 e. The van der Waals surface area contributed by atoms with Crippen LogP contribution in [-0.2, 0) is 0 Å². The topological polar surface area (TPSA) is 35.8 Å². The van der Waals surface area contributed by atoms with Crippen LogP contribution in [0.4, 0.5) is 0 Å². The standard InChI is InChI=1S/C9H18N2.ClH/c1-4-9(2,3)8-11-7-5-6-10;/h11H,4-5,7-8H2,1-3H3;1H. The van der Waals surface area contributed by atoms with Gasteiger partial charge in [0.1, 0.15) is 0 Å². The van der Waals surface area contributed by atoms with E-state index in [2.05, 4.69) is 32.2 Å². The molecule has 0 atom stereocenters. The third kappa shape index (κ3) is 7.84. The van der Waals surface area contributed by atoms with Gasteiger partial charge in [-0.15, -0.1) is 12.4 Å². The molecule has 0 aliphatic heterocycles. The Labute approximate surface area is 81.8 Å². The van der Waals surface area contributed by atoms with Gasteiger partial charge in [0.05, 0.1) is 6.07 Å². The van der Waals surface area contributed by atoms with Gasteiger partial charge in [-0.05, 0) is 11.8 Å². The minimum absolute atomic E-state index is 0. The molecule has 0 saturated heterocycles. The molecule has 0 saturated carbocycles. The fourth-order valence-corrected chi connectivity index (χ4v) is 0.696. The highest BCUT2D eigenvalue weighted by Gasteiger charge is 2.13. The van der Waals surface area contributed by atoms with E-state index in [0.29, 0.717) is 11.8 Å². The molecule has 2 nitrogen and oxygen atoms in total. The van der Waals surface area contributed by atoms with Crippen LogP contribution >= 0.6 is 12.4 Å². The zero-order valence-corrected chi connectivity index (χ0v) is 9.00. The number of nitriles is 1.